The minimum atomic E-state index is -0.429. The van der Waals surface area contributed by atoms with E-state index in [4.69, 9.17) is 5.11 Å². The summed E-state index contributed by atoms with van der Waals surface area (Å²) in [6, 6.07) is 6.44. The molecule has 0 atom stereocenters. The van der Waals surface area contributed by atoms with E-state index in [9.17, 15) is 10.1 Å². The average Bonchev–Trinajstić information content (AvgIpc) is 2.19. The van der Waals surface area contributed by atoms with Crippen LogP contribution in [0.15, 0.2) is 24.3 Å². The van der Waals surface area contributed by atoms with Crippen LogP contribution in [-0.4, -0.2) is 23.2 Å². The Labute approximate surface area is 81.5 Å². The van der Waals surface area contributed by atoms with Gasteiger partial charge in [-0.2, -0.15) is 0 Å². The summed E-state index contributed by atoms with van der Waals surface area (Å²) < 4.78 is 0. The molecular weight excluding hydrogens is 184 g/mol. The first-order valence-electron chi connectivity index (χ1n) is 4.34. The van der Waals surface area contributed by atoms with Gasteiger partial charge < -0.3 is 10.4 Å². The van der Waals surface area contributed by atoms with Gasteiger partial charge in [0.1, 0.15) is 5.69 Å². The molecule has 0 amide bonds. The first-order chi connectivity index (χ1) is 6.75. The van der Waals surface area contributed by atoms with Crippen molar-refractivity contribution in [2.24, 2.45) is 0 Å². The van der Waals surface area contributed by atoms with Crippen molar-refractivity contribution in [2.45, 2.75) is 6.42 Å². The van der Waals surface area contributed by atoms with Gasteiger partial charge in [-0.1, -0.05) is 12.1 Å². The van der Waals surface area contributed by atoms with Gasteiger partial charge in [0.25, 0.3) is 5.69 Å². The first kappa shape index (κ1) is 10.5. The van der Waals surface area contributed by atoms with Crippen LogP contribution in [0.5, 0.6) is 0 Å². The molecule has 0 spiro atoms. The number of nitro groups is 1. The summed E-state index contributed by atoms with van der Waals surface area (Å²) in [4.78, 5) is 10.1. The number of benzene rings is 1. The maximum absolute atomic E-state index is 10.6. The van der Waals surface area contributed by atoms with Gasteiger partial charge in [0.05, 0.1) is 4.92 Å². The number of aliphatic hydroxyl groups excluding tert-OH is 1. The molecule has 2 N–H and O–H groups in total. The number of nitrogens with one attached hydrogen (secondary N) is 1. The van der Waals surface area contributed by atoms with E-state index < -0.39 is 4.92 Å². The minimum absolute atomic E-state index is 0.0606. The number of nitro benzene ring substituents is 1. The van der Waals surface area contributed by atoms with Gasteiger partial charge in [0.15, 0.2) is 0 Å². The van der Waals surface area contributed by atoms with Gasteiger partial charge in [-0.15, -0.1) is 0 Å². The smallest absolute Gasteiger partial charge is 0.292 e. The quantitative estimate of drug-likeness (QED) is 0.424. The van der Waals surface area contributed by atoms with Gasteiger partial charge in [0.2, 0.25) is 0 Å². The van der Waals surface area contributed by atoms with Gasteiger partial charge in [-0.25, -0.2) is 0 Å². The predicted molar refractivity (Wildman–Crippen MR) is 53.3 cm³/mol. The Morgan fingerprint density at radius 2 is 2.14 bits per heavy atom. The van der Waals surface area contributed by atoms with Crippen molar-refractivity contribution in [3.63, 3.8) is 0 Å². The Balaban J connectivity index is 2.69. The Morgan fingerprint density at radius 1 is 1.43 bits per heavy atom. The zero-order valence-corrected chi connectivity index (χ0v) is 7.64. The number of anilines is 1. The highest BCUT2D eigenvalue weighted by molar-refractivity contribution is 5.60. The van der Waals surface area contributed by atoms with Gasteiger partial charge in [-0.3, -0.25) is 10.1 Å². The summed E-state index contributed by atoms with van der Waals surface area (Å²) in [5.74, 6) is 0. The van der Waals surface area contributed by atoms with E-state index in [-0.39, 0.29) is 12.3 Å². The lowest BCUT2D eigenvalue weighted by Gasteiger charge is -2.04. The van der Waals surface area contributed by atoms with Crippen molar-refractivity contribution in [3.8, 4) is 0 Å². The van der Waals surface area contributed by atoms with E-state index >= 15 is 0 Å². The van der Waals surface area contributed by atoms with E-state index in [0.717, 1.165) is 0 Å². The molecule has 5 nitrogen and oxygen atoms in total. The van der Waals surface area contributed by atoms with Crippen molar-refractivity contribution in [2.75, 3.05) is 18.5 Å². The van der Waals surface area contributed by atoms with Crippen molar-refractivity contribution in [1.29, 1.82) is 0 Å². The molecule has 76 valence electrons. The standard InChI is InChI=1S/C9H12N2O3/c12-7-3-6-10-8-4-1-2-5-9(8)11(13)14/h1-2,4-5,10,12H,3,6-7H2. The number of rotatable bonds is 5. The van der Waals surface area contributed by atoms with Gasteiger partial charge in [0, 0.05) is 19.2 Å². The summed E-state index contributed by atoms with van der Waals surface area (Å²) in [6.07, 6.45) is 0.575. The van der Waals surface area contributed by atoms with Crippen LogP contribution in [0.1, 0.15) is 6.42 Å². The van der Waals surface area contributed by atoms with Crippen molar-refractivity contribution >= 4 is 11.4 Å². The van der Waals surface area contributed by atoms with Gasteiger partial charge >= 0.3 is 0 Å². The molecule has 0 saturated carbocycles. The summed E-state index contributed by atoms with van der Waals surface area (Å²) >= 11 is 0. The van der Waals surface area contributed by atoms with Crippen LogP contribution < -0.4 is 5.32 Å². The highest BCUT2D eigenvalue weighted by Crippen LogP contribution is 2.22. The third-order valence-corrected chi connectivity index (χ3v) is 1.75. The van der Waals surface area contributed by atoms with Crippen LogP contribution in [0.2, 0.25) is 0 Å². The molecule has 5 heteroatoms. The van der Waals surface area contributed by atoms with E-state index in [0.29, 0.717) is 18.7 Å². The SMILES string of the molecule is O=[N+]([O-])c1ccccc1NCCCO. The van der Waals surface area contributed by atoms with Gasteiger partial charge in [-0.05, 0) is 12.5 Å². The molecule has 0 radical (unpaired) electrons. The topological polar surface area (TPSA) is 75.4 Å². The summed E-state index contributed by atoms with van der Waals surface area (Å²) in [7, 11) is 0. The Hall–Kier alpha value is -1.62. The fourth-order valence-electron chi connectivity index (χ4n) is 1.08. The first-order valence-corrected chi connectivity index (χ1v) is 4.34. The number of aliphatic hydroxyl groups is 1. The molecule has 1 rings (SSSR count). The molecule has 0 bridgehead atoms. The van der Waals surface area contributed by atoms with E-state index in [2.05, 4.69) is 5.32 Å². The fourth-order valence-corrected chi connectivity index (χ4v) is 1.08. The maximum Gasteiger partial charge on any atom is 0.292 e. The average molecular weight is 196 g/mol. The van der Waals surface area contributed by atoms with Crippen LogP contribution in [0.3, 0.4) is 0 Å². The van der Waals surface area contributed by atoms with Crippen molar-refractivity contribution in [1.82, 2.24) is 0 Å². The molecule has 0 aliphatic rings. The molecule has 0 fully saturated rings. The second kappa shape index (κ2) is 5.18. The largest absolute Gasteiger partial charge is 0.396 e. The lowest BCUT2D eigenvalue weighted by Crippen LogP contribution is -2.05. The third-order valence-electron chi connectivity index (χ3n) is 1.75. The number of hydrogen-bond donors (Lipinski definition) is 2. The number of para-hydroxylation sites is 2. The van der Waals surface area contributed by atoms with Crippen LogP contribution in [0, 0.1) is 10.1 Å². The Morgan fingerprint density at radius 3 is 2.79 bits per heavy atom. The maximum atomic E-state index is 10.6. The summed E-state index contributed by atoms with van der Waals surface area (Å²) in [5.41, 5.74) is 0.552. The number of hydrogen-bond acceptors (Lipinski definition) is 4. The van der Waals surface area contributed by atoms with Crippen molar-refractivity contribution < 1.29 is 10.0 Å². The molecule has 0 aliphatic carbocycles. The summed E-state index contributed by atoms with van der Waals surface area (Å²) in [6.45, 7) is 0.606. The molecule has 0 aromatic heterocycles. The molecule has 14 heavy (non-hydrogen) atoms. The monoisotopic (exact) mass is 196 g/mol. The third kappa shape index (κ3) is 2.70. The van der Waals surface area contributed by atoms with Crippen LogP contribution in [-0.2, 0) is 0 Å². The lowest BCUT2D eigenvalue weighted by atomic mass is 10.2. The molecule has 0 heterocycles. The highest BCUT2D eigenvalue weighted by Gasteiger charge is 2.10. The fraction of sp³-hybridized carbons (Fsp3) is 0.333. The minimum Gasteiger partial charge on any atom is -0.396 e. The zero-order chi connectivity index (χ0) is 10.4. The van der Waals surface area contributed by atoms with Crippen molar-refractivity contribution in [3.05, 3.63) is 34.4 Å². The van der Waals surface area contributed by atoms with Crippen LogP contribution in [0.4, 0.5) is 11.4 Å². The molecule has 1 aromatic rings. The summed E-state index contributed by atoms with van der Waals surface area (Å²) in [5, 5.41) is 22.0. The van der Waals surface area contributed by atoms with E-state index in [1.54, 1.807) is 18.2 Å². The molecule has 0 aliphatic heterocycles. The second-order valence-corrected chi connectivity index (χ2v) is 2.78. The Kier molecular flexibility index (Phi) is 3.87. The highest BCUT2D eigenvalue weighted by atomic mass is 16.6. The van der Waals surface area contributed by atoms with E-state index in [1.165, 1.54) is 6.07 Å². The van der Waals surface area contributed by atoms with Crippen LogP contribution >= 0.6 is 0 Å². The zero-order valence-electron chi connectivity index (χ0n) is 7.64. The predicted octanol–water partition coefficient (Wildman–Crippen LogP) is 1.39. The molecular formula is C9H12N2O3. The number of nitrogens with zero attached hydrogens (tertiary/aromatic N) is 1. The Bertz CT molecular complexity index is 315. The normalized spacial score (nSPS) is 9.79. The second-order valence-electron chi connectivity index (χ2n) is 2.78. The van der Waals surface area contributed by atoms with Crippen LogP contribution in [0.25, 0.3) is 0 Å². The molecule has 0 unspecified atom stereocenters. The lowest BCUT2D eigenvalue weighted by molar-refractivity contribution is -0.384. The van der Waals surface area contributed by atoms with E-state index in [1.807, 2.05) is 0 Å². The molecule has 1 aromatic carbocycles. The molecule has 0 saturated heterocycles.